The first-order valence-electron chi connectivity index (χ1n) is 5.56. The summed E-state index contributed by atoms with van der Waals surface area (Å²) in [6.45, 7) is 2.07. The minimum absolute atomic E-state index is 0.0811. The molecule has 0 aliphatic rings. The predicted molar refractivity (Wildman–Crippen MR) is 70.2 cm³/mol. The van der Waals surface area contributed by atoms with Crippen LogP contribution in [0, 0.1) is 0 Å². The quantitative estimate of drug-likeness (QED) is 0.626. The van der Waals surface area contributed by atoms with Gasteiger partial charge >= 0.3 is 5.97 Å². The fourth-order valence-electron chi connectivity index (χ4n) is 1.56. The van der Waals surface area contributed by atoms with Gasteiger partial charge in [0.05, 0.1) is 12.2 Å². The van der Waals surface area contributed by atoms with Gasteiger partial charge in [-0.25, -0.2) is 4.79 Å². The van der Waals surface area contributed by atoms with E-state index < -0.39 is 5.97 Å². The highest BCUT2D eigenvalue weighted by molar-refractivity contribution is 7.08. The number of rotatable bonds is 4. The van der Waals surface area contributed by atoms with Crippen molar-refractivity contribution in [1.82, 2.24) is 0 Å². The summed E-state index contributed by atoms with van der Waals surface area (Å²) in [7, 11) is 0. The number of ether oxygens (including phenoxy) is 1. The molecule has 0 amide bonds. The molecule has 0 bridgehead atoms. The third kappa shape index (κ3) is 2.65. The van der Waals surface area contributed by atoms with Crippen molar-refractivity contribution in [3.63, 3.8) is 0 Å². The number of carbonyl (C=O) groups excluding carboxylic acids is 2. The normalized spacial score (nSPS) is 10.1. The Morgan fingerprint density at radius 2 is 1.94 bits per heavy atom. The van der Waals surface area contributed by atoms with E-state index in [2.05, 4.69) is 0 Å². The lowest BCUT2D eigenvalue weighted by Crippen LogP contribution is -2.07. The number of carbonyl (C=O) groups is 2. The fourth-order valence-corrected chi connectivity index (χ4v) is 2.20. The van der Waals surface area contributed by atoms with E-state index >= 15 is 0 Å². The zero-order valence-corrected chi connectivity index (χ0v) is 10.7. The Balaban J connectivity index is 2.27. The Kier molecular flexibility index (Phi) is 3.89. The molecule has 0 fully saturated rings. The molecular weight excluding hydrogens is 248 g/mol. The van der Waals surface area contributed by atoms with Crippen LogP contribution in [0.3, 0.4) is 0 Å². The van der Waals surface area contributed by atoms with Gasteiger partial charge in [0.25, 0.3) is 0 Å². The first kappa shape index (κ1) is 12.5. The van der Waals surface area contributed by atoms with E-state index in [1.165, 1.54) is 11.3 Å². The zero-order valence-electron chi connectivity index (χ0n) is 9.88. The highest BCUT2D eigenvalue weighted by Gasteiger charge is 2.12. The molecule has 3 nitrogen and oxygen atoms in total. The number of esters is 1. The van der Waals surface area contributed by atoms with Gasteiger partial charge in [-0.2, -0.15) is 11.3 Å². The van der Waals surface area contributed by atoms with Gasteiger partial charge in [0, 0.05) is 16.5 Å². The molecule has 0 N–H and O–H groups in total. The van der Waals surface area contributed by atoms with Crippen LogP contribution in [0.25, 0.3) is 0 Å². The summed E-state index contributed by atoms with van der Waals surface area (Å²) in [5.41, 5.74) is 1.54. The fraction of sp³-hybridized carbons (Fsp3) is 0.143. The highest BCUT2D eigenvalue weighted by Crippen LogP contribution is 2.14. The molecule has 1 aromatic heterocycles. The first-order valence-corrected chi connectivity index (χ1v) is 6.50. The molecule has 92 valence electrons. The van der Waals surface area contributed by atoms with Crippen molar-refractivity contribution in [3.05, 3.63) is 57.8 Å². The predicted octanol–water partition coefficient (Wildman–Crippen LogP) is 3.16. The lowest BCUT2D eigenvalue weighted by Gasteiger charge is -2.03. The molecule has 1 heterocycles. The molecule has 0 saturated carbocycles. The van der Waals surface area contributed by atoms with E-state index in [4.69, 9.17) is 4.74 Å². The van der Waals surface area contributed by atoms with E-state index in [-0.39, 0.29) is 5.78 Å². The standard InChI is InChI=1S/C14H12O3S/c1-2-17-14(16)11-5-3-4-10(8-11)13(15)12-6-7-18-9-12/h3-9H,2H2,1H3. The number of benzene rings is 1. The highest BCUT2D eigenvalue weighted by atomic mass is 32.1. The Morgan fingerprint density at radius 1 is 1.17 bits per heavy atom. The lowest BCUT2D eigenvalue weighted by atomic mass is 10.0. The first-order chi connectivity index (χ1) is 8.72. The maximum absolute atomic E-state index is 12.1. The van der Waals surface area contributed by atoms with Crippen LogP contribution in [0.5, 0.6) is 0 Å². The van der Waals surface area contributed by atoms with Gasteiger partial charge < -0.3 is 4.74 Å². The molecule has 0 spiro atoms. The second-order valence-electron chi connectivity index (χ2n) is 3.64. The van der Waals surface area contributed by atoms with Crippen LogP contribution >= 0.6 is 11.3 Å². The van der Waals surface area contributed by atoms with Crippen LogP contribution in [0.4, 0.5) is 0 Å². The van der Waals surface area contributed by atoms with E-state index in [0.717, 1.165) is 0 Å². The molecule has 0 atom stereocenters. The Hall–Kier alpha value is -1.94. The monoisotopic (exact) mass is 260 g/mol. The minimum Gasteiger partial charge on any atom is -0.462 e. The summed E-state index contributed by atoms with van der Waals surface area (Å²) in [5.74, 6) is -0.486. The molecule has 18 heavy (non-hydrogen) atoms. The molecule has 0 aliphatic heterocycles. The third-order valence-corrected chi connectivity index (χ3v) is 3.10. The van der Waals surface area contributed by atoms with Crippen LogP contribution in [0.15, 0.2) is 41.1 Å². The SMILES string of the molecule is CCOC(=O)c1cccc(C(=O)c2ccsc2)c1. The summed E-state index contributed by atoms with van der Waals surface area (Å²) < 4.78 is 4.91. The van der Waals surface area contributed by atoms with Crippen molar-refractivity contribution in [1.29, 1.82) is 0 Å². The Morgan fingerprint density at radius 3 is 2.61 bits per heavy atom. The van der Waals surface area contributed by atoms with Crippen LogP contribution in [-0.2, 0) is 4.74 Å². The van der Waals surface area contributed by atoms with Crippen LogP contribution in [0.2, 0.25) is 0 Å². The largest absolute Gasteiger partial charge is 0.462 e. The smallest absolute Gasteiger partial charge is 0.338 e. The molecule has 4 heteroatoms. The maximum Gasteiger partial charge on any atom is 0.338 e. The topological polar surface area (TPSA) is 43.4 Å². The third-order valence-electron chi connectivity index (χ3n) is 2.42. The van der Waals surface area contributed by atoms with Gasteiger partial charge in [0.2, 0.25) is 0 Å². The van der Waals surface area contributed by atoms with Gasteiger partial charge in [0.15, 0.2) is 5.78 Å². The van der Waals surface area contributed by atoms with E-state index in [1.54, 1.807) is 42.6 Å². The Bertz CT molecular complexity index is 558. The van der Waals surface area contributed by atoms with Crippen molar-refractivity contribution < 1.29 is 14.3 Å². The summed E-state index contributed by atoms with van der Waals surface area (Å²) in [4.78, 5) is 23.7. The van der Waals surface area contributed by atoms with Gasteiger partial charge in [-0.05, 0) is 30.5 Å². The average molecular weight is 260 g/mol. The van der Waals surface area contributed by atoms with Crippen LogP contribution in [-0.4, -0.2) is 18.4 Å². The van der Waals surface area contributed by atoms with E-state index in [1.807, 2.05) is 5.38 Å². The number of ketones is 1. The number of hydrogen-bond donors (Lipinski definition) is 0. The van der Waals surface area contributed by atoms with Gasteiger partial charge in [-0.1, -0.05) is 12.1 Å². The summed E-state index contributed by atoms with van der Waals surface area (Å²) >= 11 is 1.47. The zero-order chi connectivity index (χ0) is 13.0. The number of thiophene rings is 1. The molecule has 0 unspecified atom stereocenters. The van der Waals surface area contributed by atoms with Crippen molar-refractivity contribution in [3.8, 4) is 0 Å². The van der Waals surface area contributed by atoms with Crippen molar-refractivity contribution in [2.24, 2.45) is 0 Å². The minimum atomic E-state index is -0.405. The molecule has 0 aliphatic carbocycles. The van der Waals surface area contributed by atoms with Gasteiger partial charge in [-0.15, -0.1) is 0 Å². The summed E-state index contributed by atoms with van der Waals surface area (Å²) in [6.07, 6.45) is 0. The molecule has 2 aromatic rings. The van der Waals surface area contributed by atoms with Crippen LogP contribution < -0.4 is 0 Å². The summed E-state index contributed by atoms with van der Waals surface area (Å²) in [6, 6.07) is 8.36. The van der Waals surface area contributed by atoms with E-state index in [9.17, 15) is 9.59 Å². The lowest BCUT2D eigenvalue weighted by molar-refractivity contribution is 0.0526. The molecule has 0 saturated heterocycles. The van der Waals surface area contributed by atoms with Gasteiger partial charge in [-0.3, -0.25) is 4.79 Å². The van der Waals surface area contributed by atoms with Crippen LogP contribution in [0.1, 0.15) is 33.2 Å². The van der Waals surface area contributed by atoms with Crippen molar-refractivity contribution >= 4 is 23.1 Å². The van der Waals surface area contributed by atoms with E-state index in [0.29, 0.717) is 23.3 Å². The maximum atomic E-state index is 12.1. The molecule has 2 rings (SSSR count). The average Bonchev–Trinajstić information content (AvgIpc) is 2.92. The second kappa shape index (κ2) is 5.60. The summed E-state index contributed by atoms with van der Waals surface area (Å²) in [5, 5.41) is 3.64. The molecular formula is C14H12O3S. The molecule has 0 radical (unpaired) electrons. The number of hydrogen-bond acceptors (Lipinski definition) is 4. The Labute approximate surface area is 109 Å². The van der Waals surface area contributed by atoms with Gasteiger partial charge in [0.1, 0.15) is 0 Å². The van der Waals surface area contributed by atoms with Crippen molar-refractivity contribution in [2.45, 2.75) is 6.92 Å². The molecule has 1 aromatic carbocycles. The second-order valence-corrected chi connectivity index (χ2v) is 4.42. The van der Waals surface area contributed by atoms with Crippen molar-refractivity contribution in [2.75, 3.05) is 6.61 Å².